The van der Waals surface area contributed by atoms with Gasteiger partial charge < -0.3 is 10.1 Å². The maximum Gasteiger partial charge on any atom is 0.255 e. The van der Waals surface area contributed by atoms with E-state index in [-0.39, 0.29) is 18.3 Å². The molecule has 0 bridgehead atoms. The number of nitrogens with zero attached hydrogens (tertiary/aromatic N) is 2. The maximum atomic E-state index is 13.2. The van der Waals surface area contributed by atoms with Crippen LogP contribution in [0.3, 0.4) is 0 Å². The summed E-state index contributed by atoms with van der Waals surface area (Å²) in [6, 6.07) is 18.6. The zero-order valence-electron chi connectivity index (χ0n) is 18.6. The van der Waals surface area contributed by atoms with Crippen molar-refractivity contribution in [2.75, 3.05) is 5.32 Å². The first-order chi connectivity index (χ1) is 16.3. The first-order valence-electron chi connectivity index (χ1n) is 10.6. The quantitative estimate of drug-likeness (QED) is 0.304. The third-order valence-corrected chi connectivity index (χ3v) is 6.17. The van der Waals surface area contributed by atoms with Gasteiger partial charge in [0.05, 0.1) is 28.6 Å². The minimum absolute atomic E-state index is 0.231. The first-order valence-corrected chi connectivity index (χ1v) is 11.3. The van der Waals surface area contributed by atoms with Gasteiger partial charge in [0.1, 0.15) is 23.2 Å². The Kier molecular flexibility index (Phi) is 7.20. The molecule has 0 radical (unpaired) electrons. The number of aryl methyl sites for hydroxylation is 1. The van der Waals surface area contributed by atoms with Crippen LogP contribution in [-0.4, -0.2) is 15.7 Å². The number of anilines is 1. The van der Waals surface area contributed by atoms with Crippen molar-refractivity contribution in [3.63, 3.8) is 0 Å². The number of halogens is 3. The van der Waals surface area contributed by atoms with Crippen LogP contribution in [0.2, 0.25) is 10.0 Å². The number of carbonyl (C=O) groups excluding carboxylic acids is 1. The molecule has 0 saturated carbocycles. The number of ether oxygens (including phenoxy) is 1. The molecule has 0 aliphatic rings. The molecule has 8 heteroatoms. The van der Waals surface area contributed by atoms with Crippen molar-refractivity contribution in [3.8, 4) is 5.75 Å². The molecule has 0 fully saturated rings. The van der Waals surface area contributed by atoms with E-state index in [4.69, 9.17) is 27.9 Å². The molecule has 1 N–H and O–H groups in total. The molecule has 1 heterocycles. The lowest BCUT2D eigenvalue weighted by Crippen LogP contribution is -2.14. The van der Waals surface area contributed by atoms with Gasteiger partial charge in [-0.1, -0.05) is 53.5 Å². The lowest BCUT2D eigenvalue weighted by atomic mass is 10.1. The van der Waals surface area contributed by atoms with Crippen molar-refractivity contribution in [2.45, 2.75) is 27.0 Å². The average Bonchev–Trinajstić information content (AvgIpc) is 3.09. The number of rotatable bonds is 7. The van der Waals surface area contributed by atoms with Crippen molar-refractivity contribution in [1.29, 1.82) is 0 Å². The van der Waals surface area contributed by atoms with Crippen LogP contribution < -0.4 is 10.1 Å². The maximum absolute atomic E-state index is 13.2. The molecule has 4 aromatic rings. The third kappa shape index (κ3) is 5.41. The van der Waals surface area contributed by atoms with Crippen LogP contribution in [0.5, 0.6) is 5.75 Å². The lowest BCUT2D eigenvalue weighted by molar-refractivity contribution is 0.102. The van der Waals surface area contributed by atoms with Gasteiger partial charge in [0.15, 0.2) is 0 Å². The van der Waals surface area contributed by atoms with Gasteiger partial charge in [0, 0.05) is 5.56 Å². The summed E-state index contributed by atoms with van der Waals surface area (Å²) in [5, 5.41) is 8.27. The Hall–Kier alpha value is -3.35. The average molecular weight is 498 g/mol. The Balaban J connectivity index is 1.46. The van der Waals surface area contributed by atoms with E-state index in [1.807, 2.05) is 19.9 Å². The molecule has 0 atom stereocenters. The fraction of sp³-hybridized carbons (Fsp3) is 0.154. The van der Waals surface area contributed by atoms with Crippen LogP contribution in [0, 0.1) is 19.7 Å². The summed E-state index contributed by atoms with van der Waals surface area (Å²) >= 11 is 12.2. The summed E-state index contributed by atoms with van der Waals surface area (Å²) < 4.78 is 20.8. The smallest absolute Gasteiger partial charge is 0.255 e. The zero-order chi connectivity index (χ0) is 24.2. The normalized spacial score (nSPS) is 10.9. The predicted molar refractivity (Wildman–Crippen MR) is 132 cm³/mol. The Bertz CT molecular complexity index is 1340. The van der Waals surface area contributed by atoms with Gasteiger partial charge in [-0.05, 0) is 61.4 Å². The van der Waals surface area contributed by atoms with E-state index < -0.39 is 0 Å². The minimum atomic E-state index is -0.284. The number of hydrogen-bond donors (Lipinski definition) is 1. The summed E-state index contributed by atoms with van der Waals surface area (Å²) in [6.45, 7) is 4.43. The van der Waals surface area contributed by atoms with Gasteiger partial charge in [-0.3, -0.25) is 9.48 Å². The van der Waals surface area contributed by atoms with Gasteiger partial charge in [-0.15, -0.1) is 0 Å². The number of aromatic nitrogens is 2. The summed E-state index contributed by atoms with van der Waals surface area (Å²) in [4.78, 5) is 13.0. The Morgan fingerprint density at radius 1 is 1.03 bits per heavy atom. The minimum Gasteiger partial charge on any atom is -0.487 e. The van der Waals surface area contributed by atoms with Crippen molar-refractivity contribution >= 4 is 34.8 Å². The van der Waals surface area contributed by atoms with Crippen molar-refractivity contribution in [2.24, 2.45) is 0 Å². The number of nitrogens with one attached hydrogen (secondary N) is 1. The highest BCUT2D eigenvalue weighted by Crippen LogP contribution is 2.32. The Morgan fingerprint density at radius 2 is 1.76 bits per heavy atom. The molecule has 174 valence electrons. The van der Waals surface area contributed by atoms with Crippen LogP contribution in [0.1, 0.15) is 32.9 Å². The molecule has 0 aliphatic heterocycles. The van der Waals surface area contributed by atoms with Crippen molar-refractivity contribution in [1.82, 2.24) is 9.78 Å². The van der Waals surface area contributed by atoms with Gasteiger partial charge in [-0.25, -0.2) is 4.39 Å². The largest absolute Gasteiger partial charge is 0.487 e. The Labute approximate surface area is 207 Å². The van der Waals surface area contributed by atoms with E-state index in [1.165, 1.54) is 12.1 Å². The molecule has 0 aliphatic carbocycles. The highest BCUT2D eigenvalue weighted by Gasteiger charge is 2.16. The van der Waals surface area contributed by atoms with E-state index in [0.29, 0.717) is 39.3 Å². The Morgan fingerprint density at radius 3 is 2.53 bits per heavy atom. The van der Waals surface area contributed by atoms with Crippen LogP contribution in [-0.2, 0) is 13.2 Å². The SMILES string of the molecule is Cc1nn(Cc2ccc(F)cc2)c(C)c1NC(=O)c1cccc(COc2cccc(Cl)c2Cl)c1. The number of hydrogen-bond acceptors (Lipinski definition) is 3. The highest BCUT2D eigenvalue weighted by molar-refractivity contribution is 6.42. The second kappa shape index (κ2) is 10.3. The molecule has 3 aromatic carbocycles. The van der Waals surface area contributed by atoms with Gasteiger partial charge in [0.25, 0.3) is 5.91 Å². The molecular formula is C26H22Cl2FN3O2. The number of amides is 1. The van der Waals surface area contributed by atoms with E-state index in [0.717, 1.165) is 16.8 Å². The van der Waals surface area contributed by atoms with Crippen molar-refractivity contribution < 1.29 is 13.9 Å². The van der Waals surface area contributed by atoms with Crippen molar-refractivity contribution in [3.05, 3.63) is 111 Å². The van der Waals surface area contributed by atoms with Gasteiger partial charge in [-0.2, -0.15) is 5.10 Å². The van der Waals surface area contributed by atoms with E-state index >= 15 is 0 Å². The van der Waals surface area contributed by atoms with Gasteiger partial charge >= 0.3 is 0 Å². The highest BCUT2D eigenvalue weighted by atomic mass is 35.5. The molecule has 0 spiro atoms. The number of benzene rings is 3. The first kappa shape index (κ1) is 23.8. The van der Waals surface area contributed by atoms with Crippen LogP contribution >= 0.6 is 23.2 Å². The predicted octanol–water partition coefficient (Wildman–Crippen LogP) is 6.83. The molecule has 4 rings (SSSR count). The molecule has 0 unspecified atom stereocenters. The molecule has 5 nitrogen and oxygen atoms in total. The summed E-state index contributed by atoms with van der Waals surface area (Å²) in [5.74, 6) is -0.0626. The summed E-state index contributed by atoms with van der Waals surface area (Å²) in [6.07, 6.45) is 0. The van der Waals surface area contributed by atoms with E-state index in [2.05, 4.69) is 10.4 Å². The van der Waals surface area contributed by atoms with Crippen LogP contribution in [0.25, 0.3) is 0 Å². The standard InChI is InChI=1S/C26H22Cl2FN3O2/c1-16-25(17(2)32(31-16)14-18-9-11-21(29)12-10-18)30-26(33)20-6-3-5-19(13-20)15-34-23-8-4-7-22(27)24(23)28/h3-13H,14-15H2,1-2H3,(H,30,33). The zero-order valence-corrected chi connectivity index (χ0v) is 20.1. The second-order valence-electron chi connectivity index (χ2n) is 7.83. The van der Waals surface area contributed by atoms with E-state index in [1.54, 1.807) is 53.2 Å². The molecule has 34 heavy (non-hydrogen) atoms. The monoisotopic (exact) mass is 497 g/mol. The number of carbonyl (C=O) groups is 1. The van der Waals surface area contributed by atoms with Crippen LogP contribution in [0.4, 0.5) is 10.1 Å². The van der Waals surface area contributed by atoms with E-state index in [9.17, 15) is 9.18 Å². The second-order valence-corrected chi connectivity index (χ2v) is 8.61. The topological polar surface area (TPSA) is 56.2 Å². The summed E-state index contributed by atoms with van der Waals surface area (Å²) in [7, 11) is 0. The molecule has 0 saturated heterocycles. The molecule has 1 amide bonds. The van der Waals surface area contributed by atoms with Gasteiger partial charge in [0.2, 0.25) is 0 Å². The summed E-state index contributed by atoms with van der Waals surface area (Å²) in [5.41, 5.74) is 4.37. The lowest BCUT2D eigenvalue weighted by Gasteiger charge is -2.11. The van der Waals surface area contributed by atoms with Crippen LogP contribution in [0.15, 0.2) is 66.7 Å². The molecule has 1 aromatic heterocycles. The fourth-order valence-corrected chi connectivity index (χ4v) is 3.89. The molecular weight excluding hydrogens is 476 g/mol. The fourth-order valence-electron chi connectivity index (χ4n) is 3.54. The third-order valence-electron chi connectivity index (χ3n) is 5.37.